The summed E-state index contributed by atoms with van der Waals surface area (Å²) in [5.41, 5.74) is 0. The van der Waals surface area contributed by atoms with E-state index in [1.54, 1.807) is 0 Å². The van der Waals surface area contributed by atoms with Gasteiger partial charge in [0.1, 0.15) is 0 Å². The standard InChI is InChI=1S/C22H46BO3Si.Li/c1-10-12-14-15-21(26-27(8,9)22(5,6)7)16-18-23(17-13-11-2)24-19(3)20(4)25-23;/h16,18-21H,10-15,17H2,1-9H3;/q-1;+1/b18-16+;/t19?,20?,21-,23?;/m0./s1. The van der Waals surface area contributed by atoms with Crippen molar-refractivity contribution in [3.63, 3.8) is 0 Å². The first-order valence-corrected chi connectivity index (χ1v) is 14.3. The maximum absolute atomic E-state index is 6.76. The van der Waals surface area contributed by atoms with E-state index in [1.807, 2.05) is 0 Å². The maximum Gasteiger partial charge on any atom is 1.00 e. The molecule has 2 unspecified atom stereocenters. The van der Waals surface area contributed by atoms with Gasteiger partial charge in [-0.25, -0.2) is 0 Å². The molecule has 1 fully saturated rings. The van der Waals surface area contributed by atoms with Crippen molar-refractivity contribution in [1.82, 2.24) is 0 Å². The molecular formula is C22H46BLiO3Si. The van der Waals surface area contributed by atoms with Crippen molar-refractivity contribution in [3.8, 4) is 0 Å². The van der Waals surface area contributed by atoms with E-state index in [1.165, 1.54) is 19.3 Å². The van der Waals surface area contributed by atoms with Gasteiger partial charge in [-0.1, -0.05) is 72.8 Å². The van der Waals surface area contributed by atoms with Gasteiger partial charge in [-0.05, 0) is 38.4 Å². The van der Waals surface area contributed by atoms with Gasteiger partial charge < -0.3 is 13.7 Å². The molecule has 0 aromatic rings. The van der Waals surface area contributed by atoms with Crippen molar-refractivity contribution < 1.29 is 32.6 Å². The van der Waals surface area contributed by atoms with Gasteiger partial charge in [0.2, 0.25) is 0 Å². The van der Waals surface area contributed by atoms with Crippen molar-refractivity contribution in [2.45, 2.75) is 130 Å². The molecule has 0 aromatic heterocycles. The Hall–Kier alpha value is 0.499. The van der Waals surface area contributed by atoms with Gasteiger partial charge in [-0.3, -0.25) is 0 Å². The summed E-state index contributed by atoms with van der Waals surface area (Å²) in [6.07, 6.45) is 10.8. The normalized spacial score (nSPS) is 27.2. The van der Waals surface area contributed by atoms with Crippen LogP contribution >= 0.6 is 0 Å². The molecule has 3 nitrogen and oxygen atoms in total. The Morgan fingerprint density at radius 3 is 2.00 bits per heavy atom. The second kappa shape index (κ2) is 12.4. The molecule has 0 saturated carbocycles. The monoisotopic (exact) mass is 404 g/mol. The van der Waals surface area contributed by atoms with Crippen LogP contribution in [-0.2, 0) is 13.7 Å². The zero-order chi connectivity index (χ0) is 20.7. The number of rotatable bonds is 11. The van der Waals surface area contributed by atoms with Crippen molar-refractivity contribution in [1.29, 1.82) is 0 Å². The maximum atomic E-state index is 6.76. The summed E-state index contributed by atoms with van der Waals surface area (Å²) >= 11 is 0. The minimum atomic E-state index is -1.81. The SMILES string of the molecule is CCCCC[C@@H](/C=C/[B-]1(CCCC)OC(C)C(C)O1)O[Si](C)(C)C(C)(C)C.[Li+]. The van der Waals surface area contributed by atoms with E-state index in [-0.39, 0.29) is 42.2 Å². The average Bonchev–Trinajstić information content (AvgIpc) is 2.84. The molecule has 1 aliphatic rings. The van der Waals surface area contributed by atoms with E-state index >= 15 is 0 Å². The largest absolute Gasteiger partial charge is 1.00 e. The third kappa shape index (κ3) is 8.70. The van der Waals surface area contributed by atoms with E-state index in [9.17, 15) is 0 Å². The Labute approximate surface area is 189 Å². The summed E-state index contributed by atoms with van der Waals surface area (Å²) in [6.45, 7) is 19.0. The average molecular weight is 404 g/mol. The van der Waals surface area contributed by atoms with Crippen LogP contribution in [0.15, 0.2) is 12.1 Å². The molecule has 0 bridgehead atoms. The van der Waals surface area contributed by atoms with Gasteiger partial charge >= 0.3 is 18.9 Å². The molecule has 0 aromatic carbocycles. The molecule has 0 amide bonds. The second-order valence-electron chi connectivity index (χ2n) is 10.1. The third-order valence-corrected chi connectivity index (χ3v) is 11.0. The third-order valence-electron chi connectivity index (χ3n) is 6.47. The Kier molecular flexibility index (Phi) is 12.6. The van der Waals surface area contributed by atoms with Gasteiger partial charge in [0.05, 0.1) is 6.10 Å². The Morgan fingerprint density at radius 1 is 1.00 bits per heavy atom. The van der Waals surface area contributed by atoms with Crippen LogP contribution in [-0.4, -0.2) is 33.2 Å². The van der Waals surface area contributed by atoms with Gasteiger partial charge in [0, 0.05) is 12.2 Å². The summed E-state index contributed by atoms with van der Waals surface area (Å²) in [7, 11) is -1.81. The first-order valence-electron chi connectivity index (χ1n) is 11.4. The van der Waals surface area contributed by atoms with E-state index in [0.29, 0.717) is 0 Å². The summed E-state index contributed by atoms with van der Waals surface area (Å²) in [5, 5.41) is 0.221. The molecule has 1 aliphatic heterocycles. The zero-order valence-corrected chi connectivity index (χ0v) is 21.6. The van der Waals surface area contributed by atoms with Crippen molar-refractivity contribution >= 4 is 14.9 Å². The first-order chi connectivity index (χ1) is 12.5. The molecule has 6 heteroatoms. The Bertz CT molecular complexity index is 455. The van der Waals surface area contributed by atoms with Gasteiger partial charge in [0.25, 0.3) is 6.55 Å². The molecular weight excluding hydrogens is 358 g/mol. The van der Waals surface area contributed by atoms with E-state index < -0.39 is 14.9 Å². The summed E-state index contributed by atoms with van der Waals surface area (Å²) < 4.78 is 19.5. The van der Waals surface area contributed by atoms with Gasteiger partial charge in [-0.2, -0.15) is 5.98 Å². The van der Waals surface area contributed by atoms with Crippen LogP contribution in [0.2, 0.25) is 24.5 Å². The second-order valence-corrected chi connectivity index (χ2v) is 14.8. The predicted octanol–water partition coefficient (Wildman–Crippen LogP) is 4.12. The fraction of sp³-hybridized carbons (Fsp3) is 0.909. The molecule has 1 rings (SSSR count). The van der Waals surface area contributed by atoms with Crippen LogP contribution in [0.25, 0.3) is 0 Å². The van der Waals surface area contributed by atoms with Crippen LogP contribution < -0.4 is 18.9 Å². The predicted molar refractivity (Wildman–Crippen MR) is 122 cm³/mol. The van der Waals surface area contributed by atoms with E-state index in [4.69, 9.17) is 13.7 Å². The summed E-state index contributed by atoms with van der Waals surface area (Å²) in [4.78, 5) is 0. The molecule has 160 valence electrons. The number of hydrogen-bond acceptors (Lipinski definition) is 3. The topological polar surface area (TPSA) is 27.7 Å². The quantitative estimate of drug-likeness (QED) is 0.383. The Morgan fingerprint density at radius 2 is 1.54 bits per heavy atom. The molecule has 3 atom stereocenters. The van der Waals surface area contributed by atoms with Gasteiger partial charge in [-0.15, -0.1) is 6.32 Å². The van der Waals surface area contributed by atoms with Crippen LogP contribution in [0.3, 0.4) is 0 Å². The van der Waals surface area contributed by atoms with Crippen molar-refractivity contribution in [2.24, 2.45) is 0 Å². The van der Waals surface area contributed by atoms with Crippen molar-refractivity contribution in [3.05, 3.63) is 12.1 Å². The minimum absolute atomic E-state index is 0. The minimum Gasteiger partial charge on any atom is -0.561 e. The van der Waals surface area contributed by atoms with Crippen molar-refractivity contribution in [2.75, 3.05) is 0 Å². The Balaban J connectivity index is 0.00000729. The first kappa shape index (κ1) is 28.5. The van der Waals surface area contributed by atoms with Crippen LogP contribution in [0.5, 0.6) is 0 Å². The molecule has 0 aliphatic carbocycles. The summed E-state index contributed by atoms with van der Waals surface area (Å²) in [5.74, 6) is 2.24. The fourth-order valence-electron chi connectivity index (χ4n) is 3.43. The van der Waals surface area contributed by atoms with E-state index in [2.05, 4.69) is 73.6 Å². The zero-order valence-electron chi connectivity index (χ0n) is 20.6. The van der Waals surface area contributed by atoms with Crippen LogP contribution in [0.1, 0.15) is 87.0 Å². The molecule has 28 heavy (non-hydrogen) atoms. The van der Waals surface area contributed by atoms with E-state index in [0.717, 1.165) is 25.6 Å². The molecule has 0 spiro atoms. The number of unbranched alkanes of at least 4 members (excludes halogenated alkanes) is 3. The molecule has 0 radical (unpaired) electrons. The number of hydrogen-bond donors (Lipinski definition) is 0. The summed E-state index contributed by atoms with van der Waals surface area (Å²) in [6, 6.07) is 0. The van der Waals surface area contributed by atoms with Crippen LogP contribution in [0.4, 0.5) is 0 Å². The smallest absolute Gasteiger partial charge is 0.561 e. The molecule has 1 saturated heterocycles. The fourth-order valence-corrected chi connectivity index (χ4v) is 4.74. The van der Waals surface area contributed by atoms with Gasteiger partial charge in [0.15, 0.2) is 8.32 Å². The van der Waals surface area contributed by atoms with Crippen LogP contribution in [0, 0.1) is 0 Å². The molecule has 1 heterocycles. The molecule has 0 N–H and O–H groups in total.